The van der Waals surface area contributed by atoms with E-state index in [1.807, 2.05) is 13.8 Å². The van der Waals surface area contributed by atoms with E-state index in [9.17, 15) is 22.8 Å². The van der Waals surface area contributed by atoms with Crippen LogP contribution < -0.4 is 4.74 Å². The van der Waals surface area contributed by atoms with Gasteiger partial charge in [0, 0.05) is 24.3 Å². The third-order valence-corrected chi connectivity index (χ3v) is 9.53. The Bertz CT molecular complexity index is 1380. The second-order valence-electron chi connectivity index (χ2n) is 10.4. The van der Waals surface area contributed by atoms with Gasteiger partial charge in [0.1, 0.15) is 11.5 Å². The first-order valence-corrected chi connectivity index (χ1v) is 13.7. The normalized spacial score (nSPS) is 24.4. The first-order valence-electron chi connectivity index (χ1n) is 12.1. The fourth-order valence-corrected chi connectivity index (χ4v) is 7.79. The number of ketones is 1. The summed E-state index contributed by atoms with van der Waals surface area (Å²) in [6, 6.07) is 7.81. The van der Waals surface area contributed by atoms with E-state index >= 15 is 0 Å². The van der Waals surface area contributed by atoms with Crippen molar-refractivity contribution in [1.29, 1.82) is 0 Å². The zero-order valence-corrected chi connectivity index (χ0v) is 21.8. The summed E-state index contributed by atoms with van der Waals surface area (Å²) >= 11 is 0. The molecule has 5 rings (SSSR count). The molecule has 0 N–H and O–H groups in total. The number of ether oxygens (including phenoxy) is 3. The highest BCUT2D eigenvalue weighted by Crippen LogP contribution is 2.64. The predicted molar refractivity (Wildman–Crippen MR) is 131 cm³/mol. The average Bonchev–Trinajstić information content (AvgIpc) is 3.19. The van der Waals surface area contributed by atoms with Gasteiger partial charge in [0.25, 0.3) is 21.9 Å². The van der Waals surface area contributed by atoms with Crippen molar-refractivity contribution in [2.45, 2.75) is 33.1 Å². The van der Waals surface area contributed by atoms with Crippen LogP contribution in [0.15, 0.2) is 30.3 Å². The highest BCUT2D eigenvalue weighted by molar-refractivity contribution is 7.86. The quantitative estimate of drug-likeness (QED) is 0.258. The number of fused-ring (bicyclic) bond motifs is 2. The van der Waals surface area contributed by atoms with Gasteiger partial charge in [-0.15, -0.1) is 9.35 Å². The van der Waals surface area contributed by atoms with Gasteiger partial charge >= 0.3 is 0 Å². The maximum absolute atomic E-state index is 13.3. The highest BCUT2D eigenvalue weighted by Gasteiger charge is 2.65. The Hall–Kier alpha value is -2.86. The van der Waals surface area contributed by atoms with E-state index in [0.717, 1.165) is 6.42 Å². The molecule has 2 aromatic rings. The molecule has 2 unspecified atom stereocenters. The number of rotatable bonds is 10. The van der Waals surface area contributed by atoms with Crippen LogP contribution >= 0.6 is 0 Å². The third kappa shape index (κ3) is 4.04. The molecule has 198 valence electrons. The SMILES string of the molecule is COCCOCOc1ccc2c3c(cccc13)C(=O)N(OS(=O)(=O)CC13CCC(CC1=O)C3(C)C)C2=O. The number of hydrogen-bond donors (Lipinski definition) is 0. The monoisotopic (exact) mass is 531 g/mol. The van der Waals surface area contributed by atoms with E-state index in [2.05, 4.69) is 0 Å². The molecule has 2 saturated carbocycles. The largest absolute Gasteiger partial charge is 0.467 e. The fourth-order valence-electron chi connectivity index (χ4n) is 6.10. The minimum Gasteiger partial charge on any atom is -0.467 e. The van der Waals surface area contributed by atoms with Crippen LogP contribution in [0.1, 0.15) is 53.8 Å². The molecule has 10 nitrogen and oxygen atoms in total. The topological polar surface area (TPSA) is 126 Å². The van der Waals surface area contributed by atoms with Crippen molar-refractivity contribution < 1.29 is 41.3 Å². The maximum Gasteiger partial charge on any atom is 0.289 e. The molecule has 2 bridgehead atoms. The molecule has 2 fully saturated rings. The molecule has 2 atom stereocenters. The standard InChI is InChI=1S/C26H29NO9S/c1-25(2)16-9-10-26(25,21(28)13-16)14-37(31,32)36-27-23(29)18-6-4-5-17-20(35-15-34-12-11-33-3)8-7-19(22(17)18)24(27)30/h4-8,16H,9-15H2,1-3H3. The van der Waals surface area contributed by atoms with E-state index in [4.69, 9.17) is 18.5 Å². The van der Waals surface area contributed by atoms with Crippen LogP contribution in [0, 0.1) is 16.7 Å². The van der Waals surface area contributed by atoms with Gasteiger partial charge in [-0.1, -0.05) is 26.0 Å². The van der Waals surface area contributed by atoms with E-state index in [1.54, 1.807) is 25.3 Å². The number of hydroxylamine groups is 2. The first-order chi connectivity index (χ1) is 17.5. The number of hydrogen-bond acceptors (Lipinski definition) is 9. The number of benzene rings is 2. The van der Waals surface area contributed by atoms with Crippen LogP contribution in [-0.2, 0) is 28.7 Å². The lowest BCUT2D eigenvalue weighted by Crippen LogP contribution is -2.46. The van der Waals surface area contributed by atoms with Crippen molar-refractivity contribution in [3.05, 3.63) is 41.5 Å². The number of Topliss-reactive ketones (excluding diaryl/α,β-unsaturated/α-hetero) is 1. The van der Waals surface area contributed by atoms with Crippen LogP contribution in [-0.4, -0.2) is 63.9 Å². The lowest BCUT2D eigenvalue weighted by Gasteiger charge is -2.36. The molecule has 0 spiro atoms. The summed E-state index contributed by atoms with van der Waals surface area (Å²) in [6.07, 6.45) is 1.53. The summed E-state index contributed by atoms with van der Waals surface area (Å²) in [5, 5.41) is 1.13. The number of methoxy groups -OCH3 is 1. The van der Waals surface area contributed by atoms with Gasteiger partial charge < -0.3 is 14.2 Å². The van der Waals surface area contributed by atoms with Gasteiger partial charge in [-0.25, -0.2) is 0 Å². The summed E-state index contributed by atoms with van der Waals surface area (Å²) in [6.45, 7) is 4.49. The van der Waals surface area contributed by atoms with Crippen LogP contribution in [0.3, 0.4) is 0 Å². The summed E-state index contributed by atoms with van der Waals surface area (Å²) in [7, 11) is -2.91. The molecule has 3 aliphatic rings. The molecule has 2 aromatic carbocycles. The average molecular weight is 532 g/mol. The molecule has 1 aliphatic heterocycles. The Balaban J connectivity index is 1.41. The number of imide groups is 1. The second-order valence-corrected chi connectivity index (χ2v) is 11.9. The first kappa shape index (κ1) is 25.8. The van der Waals surface area contributed by atoms with Crippen molar-refractivity contribution in [1.82, 2.24) is 5.06 Å². The molecule has 37 heavy (non-hydrogen) atoms. The van der Waals surface area contributed by atoms with Gasteiger partial charge in [0.15, 0.2) is 6.79 Å². The van der Waals surface area contributed by atoms with Gasteiger partial charge in [0.05, 0.1) is 35.5 Å². The second kappa shape index (κ2) is 9.16. The summed E-state index contributed by atoms with van der Waals surface area (Å²) in [5.74, 6) is -1.98. The minimum atomic E-state index is -4.47. The molecule has 2 aliphatic carbocycles. The van der Waals surface area contributed by atoms with Crippen molar-refractivity contribution in [3.8, 4) is 5.75 Å². The molecule has 2 amide bonds. The molecular weight excluding hydrogens is 502 g/mol. The van der Waals surface area contributed by atoms with Crippen LogP contribution in [0.5, 0.6) is 5.75 Å². The summed E-state index contributed by atoms with van der Waals surface area (Å²) in [5.41, 5.74) is -1.40. The van der Waals surface area contributed by atoms with Crippen LogP contribution in [0.2, 0.25) is 0 Å². The van der Waals surface area contributed by atoms with Crippen molar-refractivity contribution in [3.63, 3.8) is 0 Å². The number of carbonyl (C=O) groups excluding carboxylic acids is 3. The van der Waals surface area contributed by atoms with E-state index in [-0.39, 0.29) is 34.7 Å². The Kier molecular flexibility index (Phi) is 6.38. The predicted octanol–water partition coefficient (Wildman–Crippen LogP) is 3.09. The zero-order valence-electron chi connectivity index (χ0n) is 20.9. The van der Waals surface area contributed by atoms with Gasteiger partial charge in [0.2, 0.25) is 0 Å². The van der Waals surface area contributed by atoms with Crippen molar-refractivity contribution >= 4 is 38.5 Å². The minimum absolute atomic E-state index is 0.0604. The van der Waals surface area contributed by atoms with Crippen molar-refractivity contribution in [2.24, 2.45) is 16.7 Å². The van der Waals surface area contributed by atoms with Crippen molar-refractivity contribution in [2.75, 3.05) is 32.9 Å². The molecule has 0 radical (unpaired) electrons. The number of carbonyl (C=O) groups is 3. The van der Waals surface area contributed by atoms with Crippen LogP contribution in [0.4, 0.5) is 0 Å². The number of nitrogens with zero attached hydrogens (tertiary/aromatic N) is 1. The molecule has 1 heterocycles. The Morgan fingerprint density at radius 1 is 1.03 bits per heavy atom. The Morgan fingerprint density at radius 2 is 1.76 bits per heavy atom. The highest BCUT2D eigenvalue weighted by atomic mass is 32.2. The number of amides is 2. The van der Waals surface area contributed by atoms with Gasteiger partial charge in [-0.3, -0.25) is 14.4 Å². The molecule has 0 saturated heterocycles. The summed E-state index contributed by atoms with van der Waals surface area (Å²) < 4.78 is 47.5. The van der Waals surface area contributed by atoms with E-state index in [0.29, 0.717) is 42.6 Å². The van der Waals surface area contributed by atoms with Gasteiger partial charge in [-0.05, 0) is 42.4 Å². The smallest absolute Gasteiger partial charge is 0.289 e. The van der Waals surface area contributed by atoms with E-state index in [1.165, 1.54) is 12.1 Å². The fraction of sp³-hybridized carbons (Fsp3) is 0.500. The lowest BCUT2D eigenvalue weighted by atomic mass is 9.70. The lowest BCUT2D eigenvalue weighted by molar-refractivity contribution is -0.128. The van der Waals surface area contributed by atoms with Gasteiger partial charge in [-0.2, -0.15) is 8.42 Å². The molecular formula is C26H29NO9S. The Morgan fingerprint density at radius 3 is 2.41 bits per heavy atom. The Labute approximate surface area is 214 Å². The third-order valence-electron chi connectivity index (χ3n) is 8.31. The zero-order chi connectivity index (χ0) is 26.6. The summed E-state index contributed by atoms with van der Waals surface area (Å²) in [4.78, 5) is 39.4. The molecule has 11 heteroatoms. The van der Waals surface area contributed by atoms with Crippen LogP contribution in [0.25, 0.3) is 10.8 Å². The molecule has 0 aromatic heterocycles. The maximum atomic E-state index is 13.3. The van der Waals surface area contributed by atoms with E-state index < -0.39 is 38.5 Å².